The minimum absolute atomic E-state index is 0.213. The van der Waals surface area contributed by atoms with Crippen LogP contribution in [-0.2, 0) is 11.3 Å². The third-order valence-electron chi connectivity index (χ3n) is 3.70. The normalized spacial score (nSPS) is 16.0. The maximum Gasteiger partial charge on any atom is 0.217 e. The second-order valence-electron chi connectivity index (χ2n) is 5.33. The zero-order chi connectivity index (χ0) is 13.5. The number of rotatable bonds is 8. The summed E-state index contributed by atoms with van der Waals surface area (Å²) in [5.74, 6) is -0.213. The highest BCUT2D eigenvalue weighted by molar-refractivity contribution is 5.73. The third-order valence-corrected chi connectivity index (χ3v) is 3.70. The van der Waals surface area contributed by atoms with Crippen LogP contribution in [0.3, 0.4) is 0 Å². The van der Waals surface area contributed by atoms with Crippen LogP contribution in [0, 0.1) is 0 Å². The molecule has 0 saturated heterocycles. The molecule has 1 aromatic rings. The fourth-order valence-electron chi connectivity index (χ4n) is 2.61. The van der Waals surface area contributed by atoms with Crippen LogP contribution < -0.4 is 11.1 Å². The van der Waals surface area contributed by atoms with Crippen LogP contribution >= 0.6 is 0 Å². The predicted octanol–water partition coefficient (Wildman–Crippen LogP) is 1.74. The highest BCUT2D eigenvalue weighted by Gasteiger charge is 2.17. The summed E-state index contributed by atoms with van der Waals surface area (Å²) in [7, 11) is 0. The summed E-state index contributed by atoms with van der Waals surface area (Å²) in [4.78, 5) is 10.6. The Bertz CT molecular complexity index is 396. The lowest BCUT2D eigenvalue weighted by atomic mass is 10.2. The highest BCUT2D eigenvalue weighted by Crippen LogP contribution is 2.28. The highest BCUT2D eigenvalue weighted by atomic mass is 16.1. The Labute approximate surface area is 114 Å². The molecule has 0 radical (unpaired) electrons. The average Bonchev–Trinajstić information content (AvgIpc) is 3.03. The van der Waals surface area contributed by atoms with Crippen molar-refractivity contribution in [1.82, 2.24) is 15.1 Å². The van der Waals surface area contributed by atoms with Gasteiger partial charge in [-0.15, -0.1) is 0 Å². The Hall–Kier alpha value is -1.36. The van der Waals surface area contributed by atoms with Crippen molar-refractivity contribution >= 4 is 5.91 Å². The Morgan fingerprint density at radius 2 is 2.21 bits per heavy atom. The lowest BCUT2D eigenvalue weighted by molar-refractivity contribution is -0.118. The van der Waals surface area contributed by atoms with E-state index in [-0.39, 0.29) is 5.91 Å². The SMILES string of the molecule is NC(=O)CCCCNCc1ccn(C2CCCC2)n1. The molecule has 3 N–H and O–H groups in total. The molecule has 0 spiro atoms. The predicted molar refractivity (Wildman–Crippen MR) is 74.5 cm³/mol. The van der Waals surface area contributed by atoms with Crippen molar-refractivity contribution in [3.05, 3.63) is 18.0 Å². The molecule has 1 aromatic heterocycles. The summed E-state index contributed by atoms with van der Waals surface area (Å²) >= 11 is 0. The molecular formula is C14H24N4O. The Morgan fingerprint density at radius 3 is 2.95 bits per heavy atom. The van der Waals surface area contributed by atoms with E-state index in [0.29, 0.717) is 12.5 Å². The van der Waals surface area contributed by atoms with E-state index in [1.165, 1.54) is 25.7 Å². The van der Waals surface area contributed by atoms with Crippen LogP contribution in [0.25, 0.3) is 0 Å². The standard InChI is InChI=1S/C14H24N4O/c15-14(19)7-3-4-9-16-11-12-8-10-18(17-12)13-5-1-2-6-13/h8,10,13,16H,1-7,9,11H2,(H2,15,19). The molecule has 0 bridgehead atoms. The van der Waals surface area contributed by atoms with Gasteiger partial charge in [-0.3, -0.25) is 9.48 Å². The number of hydrogen-bond acceptors (Lipinski definition) is 3. The molecule has 5 heteroatoms. The summed E-state index contributed by atoms with van der Waals surface area (Å²) in [6.07, 6.45) is 9.61. The van der Waals surface area contributed by atoms with E-state index in [9.17, 15) is 4.79 Å². The van der Waals surface area contributed by atoms with Gasteiger partial charge >= 0.3 is 0 Å². The Kier molecular flexibility index (Phi) is 5.39. The Balaban J connectivity index is 1.62. The van der Waals surface area contributed by atoms with Gasteiger partial charge in [0.2, 0.25) is 5.91 Å². The van der Waals surface area contributed by atoms with Crippen LogP contribution in [0.2, 0.25) is 0 Å². The van der Waals surface area contributed by atoms with Crippen LogP contribution in [0.15, 0.2) is 12.3 Å². The first-order valence-electron chi connectivity index (χ1n) is 7.29. The van der Waals surface area contributed by atoms with Crippen molar-refractivity contribution < 1.29 is 4.79 Å². The van der Waals surface area contributed by atoms with E-state index in [2.05, 4.69) is 27.4 Å². The molecule has 5 nitrogen and oxygen atoms in total. The van der Waals surface area contributed by atoms with Gasteiger partial charge in [-0.2, -0.15) is 5.10 Å². The number of nitrogens with zero attached hydrogens (tertiary/aromatic N) is 2. The molecule has 1 fully saturated rings. The van der Waals surface area contributed by atoms with Crippen LogP contribution in [0.5, 0.6) is 0 Å². The Morgan fingerprint density at radius 1 is 1.42 bits per heavy atom. The summed E-state index contributed by atoms with van der Waals surface area (Å²) in [5.41, 5.74) is 6.19. The first-order chi connectivity index (χ1) is 9.25. The summed E-state index contributed by atoms with van der Waals surface area (Å²) < 4.78 is 2.12. The molecule has 1 aliphatic rings. The zero-order valence-electron chi connectivity index (χ0n) is 11.5. The van der Waals surface area contributed by atoms with Crippen molar-refractivity contribution in [3.8, 4) is 0 Å². The van der Waals surface area contributed by atoms with E-state index < -0.39 is 0 Å². The van der Waals surface area contributed by atoms with Crippen LogP contribution in [0.1, 0.15) is 56.7 Å². The second-order valence-corrected chi connectivity index (χ2v) is 5.33. The molecule has 0 unspecified atom stereocenters. The van der Waals surface area contributed by atoms with Crippen LogP contribution in [0.4, 0.5) is 0 Å². The number of amides is 1. The molecule has 1 heterocycles. The minimum atomic E-state index is -0.213. The van der Waals surface area contributed by atoms with Gasteiger partial charge in [-0.1, -0.05) is 12.8 Å². The largest absolute Gasteiger partial charge is 0.370 e. The lowest BCUT2D eigenvalue weighted by Crippen LogP contribution is -2.17. The number of hydrogen-bond donors (Lipinski definition) is 2. The fraction of sp³-hybridized carbons (Fsp3) is 0.714. The monoisotopic (exact) mass is 264 g/mol. The molecule has 19 heavy (non-hydrogen) atoms. The van der Waals surface area contributed by atoms with Crippen molar-refractivity contribution in [2.45, 2.75) is 57.5 Å². The van der Waals surface area contributed by atoms with Gasteiger partial charge in [0.1, 0.15) is 0 Å². The van der Waals surface area contributed by atoms with Crippen molar-refractivity contribution in [1.29, 1.82) is 0 Å². The van der Waals surface area contributed by atoms with Crippen molar-refractivity contribution in [3.63, 3.8) is 0 Å². The van der Waals surface area contributed by atoms with E-state index >= 15 is 0 Å². The molecule has 0 aliphatic heterocycles. The van der Waals surface area contributed by atoms with Gasteiger partial charge in [0.05, 0.1) is 11.7 Å². The molecule has 1 saturated carbocycles. The maximum atomic E-state index is 10.6. The number of nitrogens with two attached hydrogens (primary N) is 1. The molecular weight excluding hydrogens is 240 g/mol. The number of aromatic nitrogens is 2. The minimum Gasteiger partial charge on any atom is -0.370 e. The van der Waals surface area contributed by atoms with Gasteiger partial charge in [0.15, 0.2) is 0 Å². The molecule has 2 rings (SSSR count). The first kappa shape index (κ1) is 14.1. The van der Waals surface area contributed by atoms with Gasteiger partial charge in [-0.25, -0.2) is 0 Å². The van der Waals surface area contributed by atoms with Crippen LogP contribution in [-0.4, -0.2) is 22.2 Å². The molecule has 1 amide bonds. The van der Waals surface area contributed by atoms with Gasteiger partial charge in [0.25, 0.3) is 0 Å². The number of carbonyl (C=O) groups excluding carboxylic acids is 1. The topological polar surface area (TPSA) is 72.9 Å². The zero-order valence-corrected chi connectivity index (χ0v) is 11.5. The molecule has 0 atom stereocenters. The smallest absolute Gasteiger partial charge is 0.217 e. The third kappa shape index (κ3) is 4.67. The van der Waals surface area contributed by atoms with Crippen molar-refractivity contribution in [2.75, 3.05) is 6.54 Å². The van der Waals surface area contributed by atoms with Gasteiger partial charge < -0.3 is 11.1 Å². The number of nitrogens with one attached hydrogen (secondary N) is 1. The van der Waals surface area contributed by atoms with Crippen molar-refractivity contribution in [2.24, 2.45) is 5.73 Å². The number of primary amides is 1. The summed E-state index contributed by atoms with van der Waals surface area (Å²) in [5, 5.41) is 7.97. The number of unbranched alkanes of at least 4 members (excludes halogenated alkanes) is 1. The molecule has 0 aromatic carbocycles. The quantitative estimate of drug-likeness (QED) is 0.702. The summed E-state index contributed by atoms with van der Waals surface area (Å²) in [6.45, 7) is 1.71. The number of carbonyl (C=O) groups is 1. The van der Waals surface area contributed by atoms with E-state index in [0.717, 1.165) is 31.6 Å². The molecule has 1 aliphatic carbocycles. The van der Waals surface area contributed by atoms with Gasteiger partial charge in [-0.05, 0) is 38.3 Å². The maximum absolute atomic E-state index is 10.6. The van der Waals surface area contributed by atoms with E-state index in [1.807, 2.05) is 0 Å². The second kappa shape index (κ2) is 7.28. The van der Waals surface area contributed by atoms with Gasteiger partial charge in [0, 0.05) is 19.2 Å². The summed E-state index contributed by atoms with van der Waals surface area (Å²) in [6, 6.07) is 2.71. The van der Waals surface area contributed by atoms with E-state index in [1.54, 1.807) is 0 Å². The molecule has 106 valence electrons. The van der Waals surface area contributed by atoms with E-state index in [4.69, 9.17) is 5.73 Å². The fourth-order valence-corrected chi connectivity index (χ4v) is 2.61. The first-order valence-corrected chi connectivity index (χ1v) is 7.29. The lowest BCUT2D eigenvalue weighted by Gasteiger charge is -2.08. The average molecular weight is 264 g/mol.